The van der Waals surface area contributed by atoms with E-state index in [2.05, 4.69) is 20.2 Å². The molecule has 26 heavy (non-hydrogen) atoms. The normalized spacial score (nSPS) is 17.1. The molecule has 1 saturated heterocycles. The van der Waals surface area contributed by atoms with Crippen molar-refractivity contribution >= 4 is 17.3 Å². The predicted octanol–water partition coefficient (Wildman–Crippen LogP) is 2.74. The van der Waals surface area contributed by atoms with Gasteiger partial charge in [-0.15, -0.1) is 0 Å². The SMILES string of the molecule is O=[N+]([O-])c1cccnc1NCc1ccc(N2CCCC[C@@H]2CCO)nc1. The van der Waals surface area contributed by atoms with Crippen molar-refractivity contribution in [3.8, 4) is 0 Å². The molecule has 1 aliphatic heterocycles. The Morgan fingerprint density at radius 2 is 2.19 bits per heavy atom. The number of hydrogen-bond donors (Lipinski definition) is 2. The standard InChI is InChI=1S/C18H23N5O3/c24-11-8-15-4-1-2-10-22(15)17-7-6-14(12-20-17)13-21-18-16(23(25)26)5-3-9-19-18/h3,5-7,9,12,15,24H,1-2,4,8,10-11,13H2,(H,19,21)/t15-/m1/s1. The molecular formula is C18H23N5O3. The van der Waals surface area contributed by atoms with Crippen molar-refractivity contribution in [1.82, 2.24) is 9.97 Å². The van der Waals surface area contributed by atoms with E-state index in [1.54, 1.807) is 12.3 Å². The fourth-order valence-electron chi connectivity index (χ4n) is 3.31. The Balaban J connectivity index is 1.65. The van der Waals surface area contributed by atoms with Gasteiger partial charge >= 0.3 is 5.69 Å². The Labute approximate surface area is 152 Å². The van der Waals surface area contributed by atoms with Crippen molar-refractivity contribution in [3.05, 3.63) is 52.3 Å². The van der Waals surface area contributed by atoms with Crippen LogP contribution in [0, 0.1) is 10.1 Å². The number of aromatic nitrogens is 2. The molecule has 0 radical (unpaired) electrons. The second-order valence-corrected chi connectivity index (χ2v) is 6.36. The van der Waals surface area contributed by atoms with E-state index in [4.69, 9.17) is 0 Å². The van der Waals surface area contributed by atoms with Gasteiger partial charge in [0.25, 0.3) is 0 Å². The second kappa shape index (κ2) is 8.57. The number of anilines is 2. The lowest BCUT2D eigenvalue weighted by Gasteiger charge is -2.36. The quantitative estimate of drug-likeness (QED) is 0.580. The number of piperidine rings is 1. The Kier molecular flexibility index (Phi) is 5.96. The zero-order valence-corrected chi connectivity index (χ0v) is 14.5. The maximum absolute atomic E-state index is 11.0. The molecule has 3 rings (SSSR count). The minimum atomic E-state index is -0.450. The van der Waals surface area contributed by atoms with Crippen LogP contribution in [0.25, 0.3) is 0 Å². The van der Waals surface area contributed by atoms with Crippen molar-refractivity contribution in [3.63, 3.8) is 0 Å². The van der Waals surface area contributed by atoms with Crippen LogP contribution in [0.15, 0.2) is 36.7 Å². The maximum Gasteiger partial charge on any atom is 0.311 e. The maximum atomic E-state index is 11.0. The van der Waals surface area contributed by atoms with Crippen LogP contribution in [0.1, 0.15) is 31.2 Å². The number of nitrogens with one attached hydrogen (secondary N) is 1. The van der Waals surface area contributed by atoms with E-state index in [1.807, 2.05) is 12.1 Å². The smallest absolute Gasteiger partial charge is 0.311 e. The summed E-state index contributed by atoms with van der Waals surface area (Å²) in [6.45, 7) is 1.55. The zero-order valence-electron chi connectivity index (χ0n) is 14.5. The van der Waals surface area contributed by atoms with Crippen LogP contribution in [0.5, 0.6) is 0 Å². The van der Waals surface area contributed by atoms with Gasteiger partial charge in [0.1, 0.15) is 5.82 Å². The predicted molar refractivity (Wildman–Crippen MR) is 99.1 cm³/mol. The molecular weight excluding hydrogens is 334 g/mol. The molecule has 0 unspecified atom stereocenters. The number of rotatable bonds is 7. The lowest BCUT2D eigenvalue weighted by molar-refractivity contribution is -0.384. The van der Waals surface area contributed by atoms with E-state index in [0.717, 1.165) is 37.2 Å². The summed E-state index contributed by atoms with van der Waals surface area (Å²) in [5, 5.41) is 23.3. The first-order chi connectivity index (χ1) is 12.7. The summed E-state index contributed by atoms with van der Waals surface area (Å²) >= 11 is 0. The summed E-state index contributed by atoms with van der Waals surface area (Å²) in [6.07, 6.45) is 7.46. The summed E-state index contributed by atoms with van der Waals surface area (Å²) < 4.78 is 0. The highest BCUT2D eigenvalue weighted by atomic mass is 16.6. The molecule has 0 spiro atoms. The Hall–Kier alpha value is -2.74. The largest absolute Gasteiger partial charge is 0.396 e. The molecule has 1 atom stereocenters. The first kappa shape index (κ1) is 18.1. The molecule has 1 fully saturated rings. The molecule has 138 valence electrons. The third-order valence-electron chi connectivity index (χ3n) is 4.64. The van der Waals surface area contributed by atoms with Crippen molar-refractivity contribution in [2.75, 3.05) is 23.4 Å². The molecule has 0 aliphatic carbocycles. The van der Waals surface area contributed by atoms with Crippen molar-refractivity contribution in [1.29, 1.82) is 0 Å². The van der Waals surface area contributed by atoms with Crippen LogP contribution in [0.2, 0.25) is 0 Å². The Morgan fingerprint density at radius 1 is 1.31 bits per heavy atom. The van der Waals surface area contributed by atoms with Gasteiger partial charge in [-0.25, -0.2) is 9.97 Å². The minimum absolute atomic E-state index is 0.0442. The van der Waals surface area contributed by atoms with E-state index in [-0.39, 0.29) is 18.1 Å². The number of pyridine rings is 2. The van der Waals surface area contributed by atoms with Gasteiger partial charge in [-0.3, -0.25) is 10.1 Å². The zero-order chi connectivity index (χ0) is 18.4. The topological polar surface area (TPSA) is 104 Å². The molecule has 2 aromatic heterocycles. The molecule has 3 heterocycles. The highest BCUT2D eigenvalue weighted by Crippen LogP contribution is 2.25. The average molecular weight is 357 g/mol. The summed E-state index contributed by atoms with van der Waals surface area (Å²) in [5.41, 5.74) is 0.877. The number of nitrogens with zero attached hydrogens (tertiary/aromatic N) is 4. The first-order valence-corrected chi connectivity index (χ1v) is 8.84. The number of nitro groups is 1. The Bertz CT molecular complexity index is 736. The van der Waals surface area contributed by atoms with Crippen molar-refractivity contribution in [2.45, 2.75) is 38.3 Å². The number of hydrogen-bond acceptors (Lipinski definition) is 7. The highest BCUT2D eigenvalue weighted by Gasteiger charge is 2.23. The van der Waals surface area contributed by atoms with E-state index >= 15 is 0 Å². The van der Waals surface area contributed by atoms with Crippen LogP contribution >= 0.6 is 0 Å². The van der Waals surface area contributed by atoms with Crippen LogP contribution < -0.4 is 10.2 Å². The number of aliphatic hydroxyl groups is 1. The summed E-state index contributed by atoms with van der Waals surface area (Å²) in [5.74, 6) is 1.16. The molecule has 8 heteroatoms. The van der Waals surface area contributed by atoms with Crippen molar-refractivity contribution in [2.24, 2.45) is 0 Å². The lowest BCUT2D eigenvalue weighted by Crippen LogP contribution is -2.40. The van der Waals surface area contributed by atoms with E-state index in [0.29, 0.717) is 12.6 Å². The van der Waals surface area contributed by atoms with Gasteiger partial charge in [-0.2, -0.15) is 0 Å². The second-order valence-electron chi connectivity index (χ2n) is 6.36. The van der Waals surface area contributed by atoms with Crippen LogP contribution in [0.3, 0.4) is 0 Å². The van der Waals surface area contributed by atoms with Crippen LogP contribution in [-0.2, 0) is 6.54 Å². The van der Waals surface area contributed by atoms with Gasteiger partial charge in [0.15, 0.2) is 0 Å². The third kappa shape index (κ3) is 4.26. The lowest BCUT2D eigenvalue weighted by atomic mass is 9.99. The van der Waals surface area contributed by atoms with Crippen LogP contribution in [0.4, 0.5) is 17.3 Å². The molecule has 1 aliphatic rings. The fraction of sp³-hybridized carbons (Fsp3) is 0.444. The van der Waals surface area contributed by atoms with Crippen LogP contribution in [-0.4, -0.2) is 39.2 Å². The fourth-order valence-corrected chi connectivity index (χ4v) is 3.31. The molecule has 2 aromatic rings. The molecule has 0 bridgehead atoms. The third-order valence-corrected chi connectivity index (χ3v) is 4.64. The van der Waals surface area contributed by atoms with Gasteiger partial charge in [0.05, 0.1) is 4.92 Å². The average Bonchev–Trinajstić information content (AvgIpc) is 2.68. The van der Waals surface area contributed by atoms with Gasteiger partial charge in [-0.1, -0.05) is 6.07 Å². The molecule has 0 aromatic carbocycles. The molecule has 8 nitrogen and oxygen atoms in total. The number of aliphatic hydroxyl groups excluding tert-OH is 1. The van der Waals surface area contributed by atoms with Gasteiger partial charge in [0, 0.05) is 44.2 Å². The summed E-state index contributed by atoms with van der Waals surface area (Å²) in [4.78, 5) is 21.4. The van der Waals surface area contributed by atoms with E-state index in [9.17, 15) is 15.2 Å². The monoisotopic (exact) mass is 357 g/mol. The first-order valence-electron chi connectivity index (χ1n) is 8.84. The van der Waals surface area contributed by atoms with Gasteiger partial charge in [-0.05, 0) is 43.4 Å². The minimum Gasteiger partial charge on any atom is -0.396 e. The van der Waals surface area contributed by atoms with E-state index in [1.165, 1.54) is 18.7 Å². The van der Waals surface area contributed by atoms with Gasteiger partial charge < -0.3 is 15.3 Å². The molecule has 0 amide bonds. The van der Waals surface area contributed by atoms with Gasteiger partial charge in [0.2, 0.25) is 5.82 Å². The van der Waals surface area contributed by atoms with E-state index < -0.39 is 4.92 Å². The molecule has 2 N–H and O–H groups in total. The van der Waals surface area contributed by atoms with Crippen molar-refractivity contribution < 1.29 is 10.0 Å². The highest BCUT2D eigenvalue weighted by molar-refractivity contribution is 5.55. The molecule has 0 saturated carbocycles. The summed E-state index contributed by atoms with van der Waals surface area (Å²) in [6, 6.07) is 7.24. The Morgan fingerprint density at radius 3 is 2.92 bits per heavy atom. The summed E-state index contributed by atoms with van der Waals surface area (Å²) in [7, 11) is 0.